The van der Waals surface area contributed by atoms with Crippen LogP contribution in [0.4, 0.5) is 0 Å². The van der Waals surface area contributed by atoms with Gasteiger partial charge >= 0.3 is 0 Å². The summed E-state index contributed by atoms with van der Waals surface area (Å²) in [6.07, 6.45) is 0. The molecule has 0 radical (unpaired) electrons. The first kappa shape index (κ1) is 10.3. The van der Waals surface area contributed by atoms with Crippen LogP contribution < -0.4 is 0 Å². The Labute approximate surface area is 71.1 Å². The summed E-state index contributed by atoms with van der Waals surface area (Å²) in [6, 6.07) is 2.55. The van der Waals surface area contributed by atoms with Crippen LogP contribution in [0.25, 0.3) is 0 Å². The monoisotopic (exact) mass is 174 g/mol. The summed E-state index contributed by atoms with van der Waals surface area (Å²) in [5.41, 5.74) is 2.19. The summed E-state index contributed by atoms with van der Waals surface area (Å²) in [6.45, 7) is 10.6. The average Bonchev–Trinajstić information content (AvgIpc) is 1.92. The van der Waals surface area contributed by atoms with E-state index in [9.17, 15) is 0 Å². The molecule has 0 aliphatic rings. The van der Waals surface area contributed by atoms with Crippen molar-refractivity contribution in [3.8, 4) is 0 Å². The highest BCUT2D eigenvalue weighted by Gasteiger charge is 2.29. The lowest BCUT2D eigenvalue weighted by atomic mass is 10.9. The molecule has 0 aliphatic heterocycles. The predicted molar refractivity (Wildman–Crippen MR) is 55.4 cm³/mol. The molecule has 0 aromatic carbocycles. The summed E-state index contributed by atoms with van der Waals surface area (Å²) < 4.78 is 0. The lowest BCUT2D eigenvalue weighted by molar-refractivity contribution is 1.17. The fourth-order valence-corrected chi connectivity index (χ4v) is 5.31. The van der Waals surface area contributed by atoms with Crippen LogP contribution in [-0.2, 0) is 0 Å². The van der Waals surface area contributed by atoms with Gasteiger partial charge in [-0.2, -0.15) is 12.6 Å². The Balaban J connectivity index is 4.30. The minimum absolute atomic E-state index is 0.556. The van der Waals surface area contributed by atoms with Crippen LogP contribution in [-0.4, -0.2) is 12.9 Å². The lowest BCUT2D eigenvalue weighted by Crippen LogP contribution is -2.39. The zero-order chi connectivity index (χ0) is 8.20. The first-order valence-corrected chi connectivity index (χ1v) is 7.03. The second-order valence-corrected chi connectivity index (χ2v) is 9.24. The van der Waals surface area contributed by atoms with E-state index < -0.39 is 8.07 Å². The maximum atomic E-state index is 4.51. The Morgan fingerprint density at radius 2 is 1.90 bits per heavy atom. The van der Waals surface area contributed by atoms with Crippen molar-refractivity contribution in [1.29, 1.82) is 0 Å². The Morgan fingerprint density at radius 3 is 1.90 bits per heavy atom. The topological polar surface area (TPSA) is 0 Å². The summed E-state index contributed by atoms with van der Waals surface area (Å²) in [7, 11) is -1.17. The van der Waals surface area contributed by atoms with Crippen LogP contribution in [0.15, 0.2) is 12.3 Å². The zero-order valence-electron chi connectivity index (χ0n) is 7.22. The van der Waals surface area contributed by atoms with Crippen molar-refractivity contribution in [3.05, 3.63) is 12.3 Å². The van der Waals surface area contributed by atoms with Gasteiger partial charge < -0.3 is 0 Å². The SMILES string of the molecule is C=C[Si](CC)(CC)C(C)S. The predicted octanol–water partition coefficient (Wildman–Crippen LogP) is 3.06. The Kier molecular flexibility index (Phi) is 4.37. The van der Waals surface area contributed by atoms with Crippen molar-refractivity contribution in [2.24, 2.45) is 0 Å². The Bertz CT molecular complexity index is 106. The van der Waals surface area contributed by atoms with Crippen LogP contribution in [0, 0.1) is 0 Å². The van der Waals surface area contributed by atoms with Crippen LogP contribution in [0.5, 0.6) is 0 Å². The smallest absolute Gasteiger partial charge is 0.0891 e. The summed E-state index contributed by atoms with van der Waals surface area (Å²) in [4.78, 5) is 0.556. The van der Waals surface area contributed by atoms with Gasteiger partial charge in [0.05, 0.1) is 8.07 Å². The van der Waals surface area contributed by atoms with Gasteiger partial charge in [0, 0.05) is 0 Å². The van der Waals surface area contributed by atoms with E-state index in [4.69, 9.17) is 0 Å². The van der Waals surface area contributed by atoms with Gasteiger partial charge in [0.15, 0.2) is 0 Å². The second-order valence-electron chi connectivity index (χ2n) is 2.82. The van der Waals surface area contributed by atoms with Gasteiger partial charge in [-0.25, -0.2) is 0 Å². The molecule has 0 fully saturated rings. The fraction of sp³-hybridized carbons (Fsp3) is 0.750. The molecule has 0 aromatic rings. The van der Waals surface area contributed by atoms with Crippen LogP contribution in [0.1, 0.15) is 20.8 Å². The highest BCUT2D eigenvalue weighted by molar-refractivity contribution is 7.83. The third-order valence-corrected chi connectivity index (χ3v) is 9.21. The lowest BCUT2D eigenvalue weighted by Gasteiger charge is -2.28. The minimum Gasteiger partial charge on any atom is -0.179 e. The molecule has 10 heavy (non-hydrogen) atoms. The van der Waals surface area contributed by atoms with Crippen molar-refractivity contribution in [2.75, 3.05) is 0 Å². The van der Waals surface area contributed by atoms with Crippen molar-refractivity contribution in [3.63, 3.8) is 0 Å². The summed E-state index contributed by atoms with van der Waals surface area (Å²) in [5, 5.41) is 0. The average molecular weight is 174 g/mol. The largest absolute Gasteiger partial charge is 0.179 e. The van der Waals surface area contributed by atoms with E-state index >= 15 is 0 Å². The number of thiol groups is 1. The summed E-state index contributed by atoms with van der Waals surface area (Å²) in [5.74, 6) is 0. The molecular weight excluding hydrogens is 156 g/mol. The molecular formula is C8H18SSi. The molecule has 1 atom stereocenters. The first-order chi connectivity index (χ1) is 4.63. The van der Waals surface area contributed by atoms with E-state index in [2.05, 4.69) is 45.7 Å². The number of hydrogen-bond acceptors (Lipinski definition) is 1. The molecule has 0 spiro atoms. The minimum atomic E-state index is -1.17. The van der Waals surface area contributed by atoms with Gasteiger partial charge in [0.2, 0.25) is 0 Å². The molecule has 0 N–H and O–H groups in total. The first-order valence-electron chi connectivity index (χ1n) is 3.94. The molecule has 0 bridgehead atoms. The number of rotatable bonds is 4. The molecule has 2 heteroatoms. The van der Waals surface area contributed by atoms with Crippen LogP contribution >= 0.6 is 12.6 Å². The fourth-order valence-electron chi connectivity index (χ4n) is 1.30. The molecule has 0 aliphatic carbocycles. The highest BCUT2D eigenvalue weighted by atomic mass is 32.1. The molecule has 0 aromatic heterocycles. The van der Waals surface area contributed by atoms with E-state index in [0.717, 1.165) is 0 Å². The van der Waals surface area contributed by atoms with Gasteiger partial charge in [-0.1, -0.05) is 32.9 Å². The maximum absolute atomic E-state index is 4.51. The second kappa shape index (κ2) is 4.24. The van der Waals surface area contributed by atoms with Gasteiger partial charge in [-0.05, 0) is 4.87 Å². The third-order valence-electron chi connectivity index (χ3n) is 2.56. The van der Waals surface area contributed by atoms with E-state index in [1.54, 1.807) is 0 Å². The molecule has 0 saturated carbocycles. The Hall–Kier alpha value is 0.307. The van der Waals surface area contributed by atoms with E-state index in [0.29, 0.717) is 4.87 Å². The number of hydrogen-bond donors (Lipinski definition) is 1. The van der Waals surface area contributed by atoms with Crippen LogP contribution in [0.3, 0.4) is 0 Å². The molecule has 0 amide bonds. The summed E-state index contributed by atoms with van der Waals surface area (Å²) >= 11 is 4.51. The van der Waals surface area contributed by atoms with Crippen molar-refractivity contribution < 1.29 is 0 Å². The quantitative estimate of drug-likeness (QED) is 0.491. The van der Waals surface area contributed by atoms with Crippen molar-refractivity contribution >= 4 is 20.7 Å². The maximum Gasteiger partial charge on any atom is 0.0891 e. The normalized spacial score (nSPS) is 14.8. The van der Waals surface area contributed by atoms with E-state index in [-0.39, 0.29) is 0 Å². The Morgan fingerprint density at radius 1 is 1.50 bits per heavy atom. The van der Waals surface area contributed by atoms with Gasteiger partial charge in [-0.3, -0.25) is 0 Å². The third kappa shape index (κ3) is 1.89. The van der Waals surface area contributed by atoms with E-state index in [1.165, 1.54) is 12.1 Å². The van der Waals surface area contributed by atoms with Gasteiger partial charge in [0.25, 0.3) is 0 Å². The van der Waals surface area contributed by atoms with Crippen LogP contribution in [0.2, 0.25) is 12.1 Å². The molecule has 0 saturated heterocycles. The molecule has 0 nitrogen and oxygen atoms in total. The highest BCUT2D eigenvalue weighted by Crippen LogP contribution is 2.23. The zero-order valence-corrected chi connectivity index (χ0v) is 9.12. The van der Waals surface area contributed by atoms with Crippen molar-refractivity contribution in [2.45, 2.75) is 37.7 Å². The van der Waals surface area contributed by atoms with Crippen molar-refractivity contribution in [1.82, 2.24) is 0 Å². The standard InChI is InChI=1S/C8H18SSi/c1-5-10(6-2,7-3)8(4)9/h5,8-9H,1,6-7H2,2-4H3. The molecule has 0 heterocycles. The van der Waals surface area contributed by atoms with Gasteiger partial charge in [0.1, 0.15) is 0 Å². The molecule has 1 unspecified atom stereocenters. The molecule has 60 valence electrons. The van der Waals surface area contributed by atoms with Gasteiger partial charge in [-0.15, -0.1) is 12.3 Å². The van der Waals surface area contributed by atoms with E-state index in [1.807, 2.05) is 0 Å². The molecule has 0 rings (SSSR count).